The first kappa shape index (κ1) is 14.7. The minimum atomic E-state index is -0.369. The standard InChI is InChI=1S/C14H12Cl2FNS/c1-8(18)14-12(17)3-2-4-13(14)19-9-5-6-10(15)11(16)7-9/h2-8H,18H2,1H3/t8-/m0/s1. The van der Waals surface area contributed by atoms with Crippen LogP contribution < -0.4 is 5.73 Å². The smallest absolute Gasteiger partial charge is 0.129 e. The van der Waals surface area contributed by atoms with Gasteiger partial charge < -0.3 is 5.73 Å². The van der Waals surface area contributed by atoms with Crippen molar-refractivity contribution in [2.24, 2.45) is 5.73 Å². The average Bonchev–Trinajstić information content (AvgIpc) is 2.33. The molecule has 0 aromatic heterocycles. The van der Waals surface area contributed by atoms with Gasteiger partial charge in [0.2, 0.25) is 0 Å². The molecular formula is C14H12Cl2FNS. The highest BCUT2D eigenvalue weighted by atomic mass is 35.5. The Hall–Kier alpha value is -0.740. The van der Waals surface area contributed by atoms with Crippen molar-refractivity contribution < 1.29 is 4.39 Å². The molecule has 0 aliphatic rings. The van der Waals surface area contributed by atoms with Crippen LogP contribution in [0.3, 0.4) is 0 Å². The number of halogens is 3. The third-order valence-electron chi connectivity index (χ3n) is 2.59. The van der Waals surface area contributed by atoms with E-state index in [1.165, 1.54) is 17.8 Å². The summed E-state index contributed by atoms with van der Waals surface area (Å²) in [5, 5.41) is 0.975. The maximum Gasteiger partial charge on any atom is 0.129 e. The zero-order valence-electron chi connectivity index (χ0n) is 10.2. The molecule has 2 aromatic carbocycles. The zero-order chi connectivity index (χ0) is 14.0. The molecule has 1 nitrogen and oxygen atoms in total. The van der Waals surface area contributed by atoms with Gasteiger partial charge in [-0.3, -0.25) is 0 Å². The number of hydrogen-bond donors (Lipinski definition) is 1. The number of benzene rings is 2. The van der Waals surface area contributed by atoms with E-state index in [2.05, 4.69) is 0 Å². The van der Waals surface area contributed by atoms with E-state index in [0.29, 0.717) is 15.6 Å². The van der Waals surface area contributed by atoms with Crippen molar-refractivity contribution in [2.45, 2.75) is 22.8 Å². The molecule has 0 unspecified atom stereocenters. The van der Waals surface area contributed by atoms with Crippen LogP contribution in [0.5, 0.6) is 0 Å². The molecule has 0 heterocycles. The molecule has 100 valence electrons. The van der Waals surface area contributed by atoms with Crippen LogP contribution in [0.25, 0.3) is 0 Å². The van der Waals surface area contributed by atoms with Crippen molar-refractivity contribution in [1.29, 1.82) is 0 Å². The van der Waals surface area contributed by atoms with Crippen LogP contribution in [0.4, 0.5) is 4.39 Å². The van der Waals surface area contributed by atoms with Crippen LogP contribution >= 0.6 is 35.0 Å². The fourth-order valence-electron chi connectivity index (χ4n) is 1.72. The molecule has 0 radical (unpaired) electrons. The largest absolute Gasteiger partial charge is 0.324 e. The van der Waals surface area contributed by atoms with Crippen molar-refractivity contribution in [3.8, 4) is 0 Å². The fraction of sp³-hybridized carbons (Fsp3) is 0.143. The van der Waals surface area contributed by atoms with Crippen molar-refractivity contribution in [3.05, 3.63) is 57.8 Å². The molecule has 0 amide bonds. The SMILES string of the molecule is C[C@H](N)c1c(F)cccc1Sc1ccc(Cl)c(Cl)c1. The number of nitrogens with two attached hydrogens (primary N) is 1. The van der Waals surface area contributed by atoms with Gasteiger partial charge >= 0.3 is 0 Å². The zero-order valence-corrected chi connectivity index (χ0v) is 12.5. The third kappa shape index (κ3) is 3.42. The Labute approximate surface area is 125 Å². The van der Waals surface area contributed by atoms with E-state index in [-0.39, 0.29) is 11.9 Å². The lowest BCUT2D eigenvalue weighted by Gasteiger charge is -2.13. The van der Waals surface area contributed by atoms with Crippen molar-refractivity contribution in [2.75, 3.05) is 0 Å². The monoisotopic (exact) mass is 315 g/mol. The van der Waals surface area contributed by atoms with E-state index >= 15 is 0 Å². The van der Waals surface area contributed by atoms with Gasteiger partial charge in [0.05, 0.1) is 10.0 Å². The molecule has 0 spiro atoms. The van der Waals surface area contributed by atoms with E-state index in [0.717, 1.165) is 9.79 Å². The van der Waals surface area contributed by atoms with Crippen LogP contribution in [-0.2, 0) is 0 Å². The summed E-state index contributed by atoms with van der Waals surface area (Å²) in [6, 6.07) is 9.87. The Morgan fingerprint density at radius 3 is 2.53 bits per heavy atom. The fourth-order valence-corrected chi connectivity index (χ4v) is 3.18. The summed E-state index contributed by atoms with van der Waals surface area (Å²) in [7, 11) is 0. The van der Waals surface area contributed by atoms with E-state index in [4.69, 9.17) is 28.9 Å². The highest BCUT2D eigenvalue weighted by molar-refractivity contribution is 7.99. The molecule has 0 bridgehead atoms. The minimum Gasteiger partial charge on any atom is -0.324 e. The summed E-state index contributed by atoms with van der Waals surface area (Å²) in [5.74, 6) is -0.292. The Kier molecular flexibility index (Phi) is 4.74. The molecular weight excluding hydrogens is 304 g/mol. The lowest BCUT2D eigenvalue weighted by molar-refractivity contribution is 0.585. The van der Waals surface area contributed by atoms with Crippen molar-refractivity contribution in [1.82, 2.24) is 0 Å². The molecule has 1 atom stereocenters. The summed E-state index contributed by atoms with van der Waals surface area (Å²) >= 11 is 13.3. The third-order valence-corrected chi connectivity index (χ3v) is 4.39. The van der Waals surface area contributed by atoms with Crippen LogP contribution in [0.2, 0.25) is 10.0 Å². The van der Waals surface area contributed by atoms with Gasteiger partial charge in [0.25, 0.3) is 0 Å². The lowest BCUT2D eigenvalue weighted by Crippen LogP contribution is -2.08. The molecule has 0 saturated heterocycles. The molecule has 19 heavy (non-hydrogen) atoms. The highest BCUT2D eigenvalue weighted by Gasteiger charge is 2.13. The molecule has 0 fully saturated rings. The van der Waals surface area contributed by atoms with Gasteiger partial charge in [0, 0.05) is 21.4 Å². The van der Waals surface area contributed by atoms with E-state index < -0.39 is 0 Å². The van der Waals surface area contributed by atoms with E-state index in [1.807, 2.05) is 12.1 Å². The van der Waals surface area contributed by atoms with Gasteiger partial charge in [-0.15, -0.1) is 0 Å². The van der Waals surface area contributed by atoms with E-state index in [1.54, 1.807) is 25.1 Å². The first-order valence-corrected chi connectivity index (χ1v) is 7.23. The maximum atomic E-state index is 13.8. The number of hydrogen-bond acceptors (Lipinski definition) is 2. The number of rotatable bonds is 3. The topological polar surface area (TPSA) is 26.0 Å². The van der Waals surface area contributed by atoms with Gasteiger partial charge in [-0.1, -0.05) is 41.0 Å². The molecule has 2 aromatic rings. The van der Waals surface area contributed by atoms with Crippen LogP contribution in [0.1, 0.15) is 18.5 Å². The first-order valence-electron chi connectivity index (χ1n) is 5.66. The quantitative estimate of drug-likeness (QED) is 0.831. The predicted molar refractivity (Wildman–Crippen MR) is 79.6 cm³/mol. The summed E-state index contributed by atoms with van der Waals surface area (Å²) in [5.41, 5.74) is 6.34. The Balaban J connectivity index is 2.38. The Bertz CT molecular complexity index is 602. The molecule has 2 N–H and O–H groups in total. The van der Waals surface area contributed by atoms with Crippen LogP contribution in [-0.4, -0.2) is 0 Å². The van der Waals surface area contributed by atoms with Gasteiger partial charge in [0.15, 0.2) is 0 Å². The Morgan fingerprint density at radius 2 is 1.89 bits per heavy atom. The van der Waals surface area contributed by atoms with Crippen LogP contribution in [0.15, 0.2) is 46.2 Å². The second-order valence-corrected chi connectivity index (χ2v) is 6.05. The second kappa shape index (κ2) is 6.14. The molecule has 0 aliphatic carbocycles. The lowest BCUT2D eigenvalue weighted by atomic mass is 10.1. The predicted octanol–water partition coefficient (Wildman–Crippen LogP) is 5.30. The molecule has 0 aliphatic heterocycles. The highest BCUT2D eigenvalue weighted by Crippen LogP contribution is 2.36. The minimum absolute atomic E-state index is 0.292. The van der Waals surface area contributed by atoms with Gasteiger partial charge in [-0.25, -0.2) is 4.39 Å². The van der Waals surface area contributed by atoms with E-state index in [9.17, 15) is 4.39 Å². The van der Waals surface area contributed by atoms with Crippen molar-refractivity contribution >= 4 is 35.0 Å². The summed E-state index contributed by atoms with van der Waals surface area (Å²) in [6.07, 6.45) is 0. The van der Waals surface area contributed by atoms with Crippen LogP contribution in [0, 0.1) is 5.82 Å². The molecule has 2 rings (SSSR count). The van der Waals surface area contributed by atoms with Gasteiger partial charge in [-0.05, 0) is 37.3 Å². The maximum absolute atomic E-state index is 13.8. The summed E-state index contributed by atoms with van der Waals surface area (Å²) < 4.78 is 13.8. The summed E-state index contributed by atoms with van der Waals surface area (Å²) in [6.45, 7) is 1.76. The first-order chi connectivity index (χ1) is 8.99. The normalized spacial score (nSPS) is 12.5. The van der Waals surface area contributed by atoms with Gasteiger partial charge in [0.1, 0.15) is 5.82 Å². The molecule has 5 heteroatoms. The summed E-state index contributed by atoms with van der Waals surface area (Å²) in [4.78, 5) is 1.68. The Morgan fingerprint density at radius 1 is 1.16 bits per heavy atom. The average molecular weight is 316 g/mol. The second-order valence-electron chi connectivity index (χ2n) is 4.12. The molecule has 0 saturated carbocycles. The van der Waals surface area contributed by atoms with Gasteiger partial charge in [-0.2, -0.15) is 0 Å². The van der Waals surface area contributed by atoms with Crippen molar-refractivity contribution in [3.63, 3.8) is 0 Å².